The highest BCUT2D eigenvalue weighted by atomic mass is 127. The molecule has 0 atom stereocenters. The third kappa shape index (κ3) is 8.24. The minimum Gasteiger partial charge on any atom is -0.349 e. The number of hydrogen-bond acceptors (Lipinski definition) is 2. The zero-order valence-corrected chi connectivity index (χ0v) is 17.1. The normalized spacial score (nSPS) is 16.5. The molecule has 1 aliphatic rings. The quantitative estimate of drug-likeness (QED) is 0.395. The summed E-state index contributed by atoms with van der Waals surface area (Å²) in [5.74, 6) is 2.66. The van der Waals surface area contributed by atoms with Gasteiger partial charge in [0.25, 0.3) is 0 Å². The second-order valence-electron chi connectivity index (χ2n) is 6.90. The van der Waals surface area contributed by atoms with E-state index in [0.29, 0.717) is 0 Å². The van der Waals surface area contributed by atoms with E-state index in [1.54, 1.807) is 0 Å². The van der Waals surface area contributed by atoms with Gasteiger partial charge in [0, 0.05) is 34.7 Å². The van der Waals surface area contributed by atoms with E-state index in [-0.39, 0.29) is 24.0 Å². The molecule has 0 spiro atoms. The number of piperidine rings is 1. The highest BCUT2D eigenvalue weighted by Gasteiger charge is 2.19. The first-order valence-electron chi connectivity index (χ1n) is 8.01. The monoisotopic (exact) mass is 410 g/mol. The average Bonchev–Trinajstić information content (AvgIpc) is 2.37. The van der Waals surface area contributed by atoms with E-state index in [9.17, 15) is 0 Å². The molecule has 0 aromatic heterocycles. The molecule has 0 radical (unpaired) electrons. The highest BCUT2D eigenvalue weighted by molar-refractivity contribution is 14.0. The van der Waals surface area contributed by atoms with Crippen LogP contribution in [0, 0.1) is 11.8 Å². The molecule has 1 fully saturated rings. The van der Waals surface area contributed by atoms with E-state index in [4.69, 9.17) is 4.99 Å². The van der Waals surface area contributed by atoms with Crippen molar-refractivity contribution in [3.05, 3.63) is 0 Å². The number of nitrogens with zero attached hydrogens (tertiary/aromatic N) is 4. The Kier molecular flexibility index (Phi) is 10.6. The molecule has 0 saturated carbocycles. The topological polar surface area (TPSA) is 22.1 Å². The van der Waals surface area contributed by atoms with Gasteiger partial charge >= 0.3 is 0 Å². The summed E-state index contributed by atoms with van der Waals surface area (Å²) in [6.45, 7) is 9.38. The van der Waals surface area contributed by atoms with Crippen LogP contribution in [0.4, 0.5) is 0 Å². The van der Waals surface area contributed by atoms with E-state index >= 15 is 0 Å². The molecule has 1 aliphatic heterocycles. The van der Waals surface area contributed by atoms with Crippen LogP contribution in [0.3, 0.4) is 0 Å². The number of aliphatic imine (C=N–C) groups is 1. The zero-order valence-electron chi connectivity index (χ0n) is 14.8. The van der Waals surface area contributed by atoms with Gasteiger partial charge in [0.05, 0.1) is 0 Å². The number of guanidine groups is 1. The Hall–Kier alpha value is -0.0400. The van der Waals surface area contributed by atoms with Gasteiger partial charge < -0.3 is 14.7 Å². The summed E-state index contributed by atoms with van der Waals surface area (Å²) in [4.78, 5) is 11.6. The molecule has 126 valence electrons. The summed E-state index contributed by atoms with van der Waals surface area (Å²) in [6.07, 6.45) is 3.93. The Balaban J connectivity index is 0.00000400. The van der Waals surface area contributed by atoms with E-state index in [2.05, 4.69) is 56.7 Å². The largest absolute Gasteiger partial charge is 0.349 e. The fourth-order valence-electron chi connectivity index (χ4n) is 2.73. The first-order valence-corrected chi connectivity index (χ1v) is 8.01. The van der Waals surface area contributed by atoms with Gasteiger partial charge in [-0.3, -0.25) is 4.99 Å². The summed E-state index contributed by atoms with van der Waals surface area (Å²) in [7, 11) is 8.25. The minimum atomic E-state index is 0. The molecule has 5 heteroatoms. The maximum atomic E-state index is 4.80. The van der Waals surface area contributed by atoms with E-state index < -0.39 is 0 Å². The molecular formula is C16H35IN4. The van der Waals surface area contributed by atoms with Crippen LogP contribution in [0.2, 0.25) is 0 Å². The SMILES string of the molecule is CC(C)CCN1CCC(CN=C(N(C)C)N(C)C)CC1.I. The number of likely N-dealkylation sites (tertiary alicyclic amines) is 1. The fourth-order valence-corrected chi connectivity index (χ4v) is 2.73. The molecule has 0 aliphatic carbocycles. The molecular weight excluding hydrogens is 375 g/mol. The third-order valence-corrected chi connectivity index (χ3v) is 4.02. The molecule has 21 heavy (non-hydrogen) atoms. The van der Waals surface area contributed by atoms with Crippen molar-refractivity contribution >= 4 is 29.9 Å². The van der Waals surface area contributed by atoms with Crippen LogP contribution >= 0.6 is 24.0 Å². The summed E-state index contributed by atoms with van der Waals surface area (Å²) in [5.41, 5.74) is 0. The van der Waals surface area contributed by atoms with Gasteiger partial charge in [-0.25, -0.2) is 0 Å². The molecule has 0 aromatic rings. The predicted octanol–water partition coefficient (Wildman–Crippen LogP) is 2.84. The van der Waals surface area contributed by atoms with Crippen LogP contribution in [0.25, 0.3) is 0 Å². The number of halogens is 1. The van der Waals surface area contributed by atoms with Crippen molar-refractivity contribution in [2.24, 2.45) is 16.8 Å². The van der Waals surface area contributed by atoms with Gasteiger partial charge in [-0.1, -0.05) is 13.8 Å². The lowest BCUT2D eigenvalue weighted by atomic mass is 9.96. The van der Waals surface area contributed by atoms with Crippen molar-refractivity contribution in [3.8, 4) is 0 Å². The Labute approximate surface area is 149 Å². The van der Waals surface area contributed by atoms with Crippen molar-refractivity contribution < 1.29 is 0 Å². The molecule has 1 heterocycles. The van der Waals surface area contributed by atoms with Crippen LogP contribution in [0.5, 0.6) is 0 Å². The molecule has 0 N–H and O–H groups in total. The van der Waals surface area contributed by atoms with Crippen molar-refractivity contribution in [2.45, 2.75) is 33.1 Å². The van der Waals surface area contributed by atoms with Crippen LogP contribution in [-0.4, -0.2) is 75.0 Å². The molecule has 0 unspecified atom stereocenters. The van der Waals surface area contributed by atoms with E-state index in [1.165, 1.54) is 38.9 Å². The molecule has 4 nitrogen and oxygen atoms in total. The third-order valence-electron chi connectivity index (χ3n) is 4.02. The maximum absolute atomic E-state index is 4.80. The molecule has 1 rings (SSSR count). The second-order valence-corrected chi connectivity index (χ2v) is 6.90. The van der Waals surface area contributed by atoms with E-state index in [0.717, 1.165) is 24.3 Å². The van der Waals surface area contributed by atoms with Crippen LogP contribution in [-0.2, 0) is 0 Å². The maximum Gasteiger partial charge on any atom is 0.195 e. The molecule has 0 amide bonds. The Morgan fingerprint density at radius 3 is 2.05 bits per heavy atom. The van der Waals surface area contributed by atoms with Gasteiger partial charge in [0.15, 0.2) is 5.96 Å². The van der Waals surface area contributed by atoms with Crippen LogP contribution in [0.1, 0.15) is 33.1 Å². The number of hydrogen-bond donors (Lipinski definition) is 0. The van der Waals surface area contributed by atoms with Crippen molar-refractivity contribution in [1.29, 1.82) is 0 Å². The van der Waals surface area contributed by atoms with Gasteiger partial charge in [0.2, 0.25) is 0 Å². The van der Waals surface area contributed by atoms with Crippen LogP contribution in [0.15, 0.2) is 4.99 Å². The molecule has 0 bridgehead atoms. The van der Waals surface area contributed by atoms with E-state index in [1.807, 2.05) is 0 Å². The average molecular weight is 410 g/mol. The lowest BCUT2D eigenvalue weighted by molar-refractivity contribution is 0.179. The fraction of sp³-hybridized carbons (Fsp3) is 0.938. The number of rotatable bonds is 5. The first-order chi connectivity index (χ1) is 9.40. The summed E-state index contributed by atoms with van der Waals surface area (Å²) >= 11 is 0. The van der Waals surface area contributed by atoms with Gasteiger partial charge in [-0.05, 0) is 50.7 Å². The lowest BCUT2D eigenvalue weighted by Crippen LogP contribution is -2.38. The smallest absolute Gasteiger partial charge is 0.195 e. The standard InChI is InChI=1S/C16H34N4.HI/c1-14(2)7-10-20-11-8-15(9-12-20)13-17-16(18(3)4)19(5)6;/h14-15H,7-13H2,1-6H3;1H. The first kappa shape index (κ1) is 21.0. The summed E-state index contributed by atoms with van der Waals surface area (Å²) < 4.78 is 0. The molecule has 1 saturated heterocycles. The van der Waals surface area contributed by atoms with Crippen molar-refractivity contribution in [1.82, 2.24) is 14.7 Å². The minimum absolute atomic E-state index is 0. The molecule has 0 aromatic carbocycles. The lowest BCUT2D eigenvalue weighted by Gasteiger charge is -2.32. The van der Waals surface area contributed by atoms with Gasteiger partial charge in [-0.2, -0.15) is 0 Å². The van der Waals surface area contributed by atoms with Gasteiger partial charge in [0.1, 0.15) is 0 Å². The Morgan fingerprint density at radius 2 is 1.62 bits per heavy atom. The van der Waals surface area contributed by atoms with Crippen molar-refractivity contribution in [3.63, 3.8) is 0 Å². The Morgan fingerprint density at radius 1 is 1.10 bits per heavy atom. The van der Waals surface area contributed by atoms with Gasteiger partial charge in [-0.15, -0.1) is 24.0 Å². The van der Waals surface area contributed by atoms with Crippen molar-refractivity contribution in [2.75, 3.05) is 54.4 Å². The summed E-state index contributed by atoms with van der Waals surface area (Å²) in [6, 6.07) is 0. The zero-order chi connectivity index (χ0) is 15.1. The van der Waals surface area contributed by atoms with Crippen LogP contribution < -0.4 is 0 Å². The second kappa shape index (κ2) is 10.6. The highest BCUT2D eigenvalue weighted by Crippen LogP contribution is 2.18. The Bertz CT molecular complexity index is 285. The summed E-state index contributed by atoms with van der Waals surface area (Å²) in [5, 5.41) is 0. The predicted molar refractivity (Wildman–Crippen MR) is 104 cm³/mol.